The molecule has 0 fully saturated rings. The summed E-state index contributed by atoms with van der Waals surface area (Å²) in [5, 5.41) is 0. The first-order valence-corrected chi connectivity index (χ1v) is 24.3. The molecule has 0 saturated carbocycles. The van der Waals surface area contributed by atoms with Crippen molar-refractivity contribution >= 4 is 19.8 Å². The summed E-state index contributed by atoms with van der Waals surface area (Å²) in [6.07, 6.45) is 44.9. The molecule has 9 nitrogen and oxygen atoms in total. The van der Waals surface area contributed by atoms with Gasteiger partial charge in [0.15, 0.2) is 6.10 Å². The fraction of sp³-hybridized carbons (Fsp3) is 0.867. The Morgan fingerprint density at radius 2 is 0.945 bits per heavy atom. The van der Waals surface area contributed by atoms with Gasteiger partial charge in [-0.25, -0.2) is 4.57 Å². The number of rotatable bonds is 43. The van der Waals surface area contributed by atoms with E-state index in [0.717, 1.165) is 38.5 Å². The largest absolute Gasteiger partial charge is 0.472 e. The van der Waals surface area contributed by atoms with Gasteiger partial charge in [0.05, 0.1) is 13.2 Å². The molecule has 0 aliphatic carbocycles. The van der Waals surface area contributed by atoms with Crippen molar-refractivity contribution in [2.75, 3.05) is 26.4 Å². The van der Waals surface area contributed by atoms with Crippen molar-refractivity contribution in [1.29, 1.82) is 0 Å². The van der Waals surface area contributed by atoms with Crippen molar-refractivity contribution in [1.82, 2.24) is 0 Å². The smallest absolute Gasteiger partial charge is 0.462 e. The summed E-state index contributed by atoms with van der Waals surface area (Å²) < 4.78 is 32.8. The lowest BCUT2D eigenvalue weighted by Gasteiger charge is -2.19. The van der Waals surface area contributed by atoms with Crippen LogP contribution < -0.4 is 5.73 Å². The molecule has 0 aromatic rings. The summed E-state index contributed by atoms with van der Waals surface area (Å²) >= 11 is 0. The molecule has 0 bridgehead atoms. The number of carbonyl (C=O) groups is 2. The van der Waals surface area contributed by atoms with Crippen molar-refractivity contribution in [2.24, 2.45) is 5.73 Å². The second-order valence-corrected chi connectivity index (χ2v) is 16.7. The Balaban J connectivity index is 4.09. The average Bonchev–Trinajstić information content (AvgIpc) is 3.17. The molecule has 0 heterocycles. The predicted octanol–water partition coefficient (Wildman–Crippen LogP) is 13.2. The molecule has 0 rings (SSSR count). The maximum Gasteiger partial charge on any atom is 0.472 e. The number of carbonyl (C=O) groups excluding carboxylic acids is 2. The third-order valence-electron chi connectivity index (χ3n) is 9.84. The predicted molar refractivity (Wildman–Crippen MR) is 229 cm³/mol. The zero-order valence-corrected chi connectivity index (χ0v) is 36.6. The van der Waals surface area contributed by atoms with Crippen molar-refractivity contribution in [3.05, 3.63) is 24.3 Å². The molecule has 1 unspecified atom stereocenters. The minimum absolute atomic E-state index is 0.0547. The van der Waals surface area contributed by atoms with E-state index in [1.54, 1.807) is 0 Å². The second-order valence-electron chi connectivity index (χ2n) is 15.3. The monoisotopic (exact) mass is 800 g/mol. The van der Waals surface area contributed by atoms with Crippen LogP contribution >= 0.6 is 7.82 Å². The molecule has 0 radical (unpaired) electrons. The zero-order valence-electron chi connectivity index (χ0n) is 35.7. The Morgan fingerprint density at radius 3 is 1.42 bits per heavy atom. The number of ether oxygens (including phenoxy) is 2. The van der Waals surface area contributed by atoms with Crippen LogP contribution in [0.3, 0.4) is 0 Å². The van der Waals surface area contributed by atoms with Crippen LogP contribution in [0.25, 0.3) is 0 Å². The first kappa shape index (κ1) is 53.5. The SMILES string of the molecule is CCCCCC=CCC=CCCCCCCCCCCCC(=O)OC[C@H](COP(=O)(O)OCCN)OC(=O)CCCCCCCCCCCCCCCCC. The molecule has 2 atom stereocenters. The number of hydrogen-bond acceptors (Lipinski definition) is 8. The Hall–Kier alpha value is -1.51. The van der Waals surface area contributed by atoms with Crippen molar-refractivity contribution < 1.29 is 37.6 Å². The van der Waals surface area contributed by atoms with Gasteiger partial charge in [-0.05, 0) is 44.9 Å². The van der Waals surface area contributed by atoms with E-state index < -0.39 is 26.5 Å². The highest BCUT2D eigenvalue weighted by Gasteiger charge is 2.26. The number of unbranched alkanes of at least 4 members (excludes halogenated alkanes) is 26. The van der Waals surface area contributed by atoms with E-state index in [1.165, 1.54) is 148 Å². The molecule has 0 aromatic carbocycles. The number of allylic oxidation sites excluding steroid dienone is 4. The third kappa shape index (κ3) is 41.9. The topological polar surface area (TPSA) is 134 Å². The van der Waals surface area contributed by atoms with E-state index in [9.17, 15) is 19.0 Å². The lowest BCUT2D eigenvalue weighted by atomic mass is 10.0. The molecule has 0 spiro atoms. The molecule has 0 aliphatic rings. The minimum Gasteiger partial charge on any atom is -0.462 e. The van der Waals surface area contributed by atoms with Crippen LogP contribution in [0.15, 0.2) is 24.3 Å². The summed E-state index contributed by atoms with van der Waals surface area (Å²) in [6, 6.07) is 0. The Kier molecular flexibility index (Phi) is 40.9. The van der Waals surface area contributed by atoms with Gasteiger partial charge in [0.2, 0.25) is 0 Å². The van der Waals surface area contributed by atoms with Crippen molar-refractivity contribution in [3.8, 4) is 0 Å². The standard InChI is InChI=1S/C45H86NO8P/c1-3-5-7-9-11-13-15-17-19-20-21-22-24-25-27-29-31-33-35-37-44(47)51-41-43(42-53-55(49,50)52-40-39-46)54-45(48)38-36-34-32-30-28-26-23-18-16-14-12-10-8-6-4-2/h11,13,17,19,43H,3-10,12,14-16,18,20-42,46H2,1-2H3,(H,49,50)/t43-/m1/s1. The minimum atomic E-state index is -4.37. The summed E-state index contributed by atoms with van der Waals surface area (Å²) in [6.45, 7) is 3.73. The Labute approximate surface area is 338 Å². The maximum atomic E-state index is 12.6. The van der Waals surface area contributed by atoms with E-state index in [4.69, 9.17) is 24.3 Å². The maximum absolute atomic E-state index is 12.6. The third-order valence-corrected chi connectivity index (χ3v) is 10.8. The Morgan fingerprint density at radius 1 is 0.545 bits per heavy atom. The second kappa shape index (κ2) is 42.1. The fourth-order valence-corrected chi connectivity index (χ4v) is 7.20. The number of phosphoric acid groups is 1. The number of esters is 2. The van der Waals surface area contributed by atoms with E-state index >= 15 is 0 Å². The van der Waals surface area contributed by atoms with Crippen molar-refractivity contribution in [3.63, 3.8) is 0 Å². The molecular weight excluding hydrogens is 713 g/mol. The molecule has 324 valence electrons. The summed E-state index contributed by atoms with van der Waals surface area (Å²) in [7, 11) is -4.37. The highest BCUT2D eigenvalue weighted by atomic mass is 31.2. The lowest BCUT2D eigenvalue weighted by molar-refractivity contribution is -0.161. The van der Waals surface area contributed by atoms with Crippen LogP contribution in [-0.4, -0.2) is 49.3 Å². The van der Waals surface area contributed by atoms with Gasteiger partial charge in [-0.2, -0.15) is 0 Å². The normalized spacial score (nSPS) is 13.5. The highest BCUT2D eigenvalue weighted by molar-refractivity contribution is 7.47. The summed E-state index contributed by atoms with van der Waals surface area (Å²) in [5.74, 6) is -0.824. The number of hydrogen-bond donors (Lipinski definition) is 2. The molecule has 0 aliphatic heterocycles. The first-order valence-electron chi connectivity index (χ1n) is 22.8. The van der Waals surface area contributed by atoms with Gasteiger partial charge < -0.3 is 20.1 Å². The van der Waals surface area contributed by atoms with Crippen LogP contribution in [0, 0.1) is 0 Å². The zero-order chi connectivity index (χ0) is 40.3. The van der Waals surface area contributed by atoms with Gasteiger partial charge in [0.1, 0.15) is 6.61 Å². The van der Waals surface area contributed by atoms with Gasteiger partial charge in [0.25, 0.3) is 0 Å². The summed E-state index contributed by atoms with van der Waals surface area (Å²) in [4.78, 5) is 34.9. The van der Waals surface area contributed by atoms with E-state index in [2.05, 4.69) is 38.2 Å². The van der Waals surface area contributed by atoms with E-state index in [1.807, 2.05) is 0 Å². The molecule has 3 N–H and O–H groups in total. The first-order chi connectivity index (χ1) is 26.8. The van der Waals surface area contributed by atoms with Crippen LogP contribution in [0.2, 0.25) is 0 Å². The molecule has 55 heavy (non-hydrogen) atoms. The van der Waals surface area contributed by atoms with Crippen LogP contribution in [0.1, 0.15) is 219 Å². The molecule has 10 heteroatoms. The van der Waals surface area contributed by atoms with Crippen LogP contribution in [0.4, 0.5) is 0 Å². The van der Waals surface area contributed by atoms with Crippen LogP contribution in [0.5, 0.6) is 0 Å². The summed E-state index contributed by atoms with van der Waals surface area (Å²) in [5.41, 5.74) is 5.35. The molecule has 0 aromatic heterocycles. The van der Waals surface area contributed by atoms with Gasteiger partial charge >= 0.3 is 19.8 Å². The van der Waals surface area contributed by atoms with Gasteiger partial charge in [-0.1, -0.05) is 186 Å². The molecular formula is C45H86NO8P. The highest BCUT2D eigenvalue weighted by Crippen LogP contribution is 2.43. The average molecular weight is 800 g/mol. The number of phosphoric ester groups is 1. The van der Waals surface area contributed by atoms with Crippen molar-refractivity contribution in [2.45, 2.75) is 225 Å². The molecule has 0 amide bonds. The van der Waals surface area contributed by atoms with Crippen LogP contribution in [-0.2, 0) is 32.7 Å². The quantitative estimate of drug-likeness (QED) is 0.0267. The fourth-order valence-electron chi connectivity index (χ4n) is 6.43. The lowest BCUT2D eigenvalue weighted by Crippen LogP contribution is -2.29. The number of nitrogens with two attached hydrogens (primary N) is 1. The van der Waals surface area contributed by atoms with Gasteiger partial charge in [0, 0.05) is 19.4 Å². The van der Waals surface area contributed by atoms with Gasteiger partial charge in [-0.3, -0.25) is 18.6 Å². The van der Waals surface area contributed by atoms with Gasteiger partial charge in [-0.15, -0.1) is 0 Å². The Bertz CT molecular complexity index is 959. The van der Waals surface area contributed by atoms with E-state index in [0.29, 0.717) is 6.42 Å². The molecule has 0 saturated heterocycles. The van der Waals surface area contributed by atoms with E-state index in [-0.39, 0.29) is 38.6 Å².